The van der Waals surface area contributed by atoms with Crippen molar-refractivity contribution in [3.8, 4) is 0 Å². The first-order valence-electron chi connectivity index (χ1n) is 8.95. The number of nitrogens with one attached hydrogen (secondary N) is 1. The molecule has 22 heavy (non-hydrogen) atoms. The fourth-order valence-corrected chi connectivity index (χ4v) is 4.71. The smallest absolute Gasteiger partial charge is 0.222 e. The number of hydrogen-bond donors (Lipinski definition) is 1. The summed E-state index contributed by atoms with van der Waals surface area (Å²) in [4.78, 5) is 14.7. The minimum Gasteiger partial charge on any atom is -0.343 e. The molecular formula is C18H33ClN2O. The van der Waals surface area contributed by atoms with E-state index in [2.05, 4.69) is 24.1 Å². The highest BCUT2D eigenvalue weighted by molar-refractivity contribution is 5.85. The summed E-state index contributed by atoms with van der Waals surface area (Å²) in [6, 6.07) is 1.88. The van der Waals surface area contributed by atoms with Gasteiger partial charge in [0.1, 0.15) is 0 Å². The van der Waals surface area contributed by atoms with Crippen LogP contribution in [0.1, 0.15) is 71.6 Å². The number of carbonyl (C=O) groups is 1. The normalized spacial score (nSPS) is 34.0. The van der Waals surface area contributed by atoms with Crippen LogP contribution in [0.3, 0.4) is 0 Å². The molecule has 0 aromatic heterocycles. The molecule has 2 saturated heterocycles. The van der Waals surface area contributed by atoms with Crippen molar-refractivity contribution in [1.29, 1.82) is 0 Å². The summed E-state index contributed by atoms with van der Waals surface area (Å²) < 4.78 is 0. The molecule has 0 aromatic carbocycles. The lowest BCUT2D eigenvalue weighted by atomic mass is 9.75. The molecule has 2 aliphatic heterocycles. The molecule has 128 valence electrons. The Morgan fingerprint density at radius 2 is 1.64 bits per heavy atom. The molecule has 2 unspecified atom stereocenters. The highest BCUT2D eigenvalue weighted by Crippen LogP contribution is 2.37. The van der Waals surface area contributed by atoms with E-state index in [1.165, 1.54) is 51.4 Å². The molecule has 0 radical (unpaired) electrons. The van der Waals surface area contributed by atoms with Crippen molar-refractivity contribution < 1.29 is 4.79 Å². The van der Waals surface area contributed by atoms with Crippen molar-refractivity contribution in [2.45, 2.75) is 89.8 Å². The molecule has 3 fully saturated rings. The van der Waals surface area contributed by atoms with Gasteiger partial charge >= 0.3 is 0 Å². The summed E-state index contributed by atoms with van der Waals surface area (Å²) >= 11 is 0. The molecule has 1 aliphatic carbocycles. The van der Waals surface area contributed by atoms with Crippen molar-refractivity contribution in [2.24, 2.45) is 11.3 Å². The Labute approximate surface area is 142 Å². The van der Waals surface area contributed by atoms with Crippen LogP contribution in [-0.2, 0) is 4.79 Å². The first-order chi connectivity index (χ1) is 9.93. The van der Waals surface area contributed by atoms with Crippen LogP contribution in [0.15, 0.2) is 0 Å². The molecule has 1 amide bonds. The van der Waals surface area contributed by atoms with Gasteiger partial charge in [0.05, 0.1) is 0 Å². The average Bonchev–Trinajstić information content (AvgIpc) is 2.77. The number of carbonyl (C=O) groups excluding carboxylic acids is 1. The van der Waals surface area contributed by atoms with Crippen LogP contribution in [0.2, 0.25) is 0 Å². The standard InChI is InChI=1S/C18H32N2O.ClH/c1-18(2)8-6-16(7-9-18)20(3)17(21)12-13-10-14-4-5-15(11-13)19-14;/h13-16,19H,4-12H2,1-3H3;1H. The lowest BCUT2D eigenvalue weighted by Crippen LogP contribution is -2.43. The van der Waals surface area contributed by atoms with E-state index >= 15 is 0 Å². The molecule has 1 N–H and O–H groups in total. The lowest BCUT2D eigenvalue weighted by Gasteiger charge is -2.39. The molecule has 2 atom stereocenters. The third kappa shape index (κ3) is 4.17. The molecule has 0 spiro atoms. The van der Waals surface area contributed by atoms with Gasteiger partial charge in [0.25, 0.3) is 0 Å². The van der Waals surface area contributed by atoms with Crippen LogP contribution < -0.4 is 5.32 Å². The van der Waals surface area contributed by atoms with E-state index in [-0.39, 0.29) is 12.4 Å². The van der Waals surface area contributed by atoms with E-state index in [0.717, 1.165) is 6.42 Å². The maximum absolute atomic E-state index is 12.6. The summed E-state index contributed by atoms with van der Waals surface area (Å²) in [5.41, 5.74) is 0.481. The van der Waals surface area contributed by atoms with Gasteiger partial charge in [-0.25, -0.2) is 0 Å². The minimum absolute atomic E-state index is 0. The summed E-state index contributed by atoms with van der Waals surface area (Å²) in [7, 11) is 2.04. The molecule has 2 heterocycles. The maximum Gasteiger partial charge on any atom is 0.222 e. The summed E-state index contributed by atoms with van der Waals surface area (Å²) in [5, 5.41) is 3.67. The largest absolute Gasteiger partial charge is 0.343 e. The fourth-order valence-electron chi connectivity index (χ4n) is 4.71. The van der Waals surface area contributed by atoms with Crippen molar-refractivity contribution in [3.05, 3.63) is 0 Å². The zero-order valence-corrected chi connectivity index (χ0v) is 15.3. The van der Waals surface area contributed by atoms with E-state index in [4.69, 9.17) is 0 Å². The van der Waals surface area contributed by atoms with E-state index in [1.807, 2.05) is 7.05 Å². The Morgan fingerprint density at radius 1 is 1.09 bits per heavy atom. The highest BCUT2D eigenvalue weighted by Gasteiger charge is 2.36. The predicted octanol–water partition coefficient (Wildman–Crippen LogP) is 3.76. The molecule has 4 heteroatoms. The highest BCUT2D eigenvalue weighted by atomic mass is 35.5. The van der Waals surface area contributed by atoms with Crippen LogP contribution in [-0.4, -0.2) is 36.0 Å². The number of piperidine rings is 1. The van der Waals surface area contributed by atoms with Gasteiger partial charge in [-0.05, 0) is 62.7 Å². The van der Waals surface area contributed by atoms with Crippen LogP contribution in [0.4, 0.5) is 0 Å². The Morgan fingerprint density at radius 3 is 2.18 bits per heavy atom. The predicted molar refractivity (Wildman–Crippen MR) is 93.3 cm³/mol. The Balaban J connectivity index is 0.00000176. The zero-order valence-electron chi connectivity index (χ0n) is 14.4. The quantitative estimate of drug-likeness (QED) is 0.855. The lowest BCUT2D eigenvalue weighted by molar-refractivity contribution is -0.134. The Bertz CT molecular complexity index is 377. The minimum atomic E-state index is 0. The van der Waals surface area contributed by atoms with Gasteiger partial charge < -0.3 is 10.2 Å². The van der Waals surface area contributed by atoms with Gasteiger partial charge in [0.15, 0.2) is 0 Å². The molecule has 3 aliphatic rings. The van der Waals surface area contributed by atoms with Crippen molar-refractivity contribution in [1.82, 2.24) is 10.2 Å². The van der Waals surface area contributed by atoms with Crippen LogP contribution >= 0.6 is 12.4 Å². The Hall–Kier alpha value is -0.280. The second-order valence-electron chi connectivity index (χ2n) is 8.58. The van der Waals surface area contributed by atoms with Gasteiger partial charge in [-0.15, -0.1) is 12.4 Å². The molecule has 3 nitrogen and oxygen atoms in total. The summed E-state index contributed by atoms with van der Waals surface area (Å²) in [6.45, 7) is 4.71. The second-order valence-corrected chi connectivity index (χ2v) is 8.58. The number of rotatable bonds is 3. The second kappa shape index (κ2) is 7.09. The van der Waals surface area contributed by atoms with Crippen LogP contribution in [0.5, 0.6) is 0 Å². The van der Waals surface area contributed by atoms with Crippen LogP contribution in [0.25, 0.3) is 0 Å². The van der Waals surface area contributed by atoms with E-state index < -0.39 is 0 Å². The summed E-state index contributed by atoms with van der Waals surface area (Å²) in [5.74, 6) is 1.02. The van der Waals surface area contributed by atoms with Gasteiger partial charge in [-0.2, -0.15) is 0 Å². The van der Waals surface area contributed by atoms with E-state index in [0.29, 0.717) is 35.4 Å². The maximum atomic E-state index is 12.6. The van der Waals surface area contributed by atoms with Gasteiger partial charge in [0.2, 0.25) is 5.91 Å². The van der Waals surface area contributed by atoms with Crippen molar-refractivity contribution >= 4 is 18.3 Å². The monoisotopic (exact) mass is 328 g/mol. The third-order valence-electron chi connectivity index (χ3n) is 6.28. The van der Waals surface area contributed by atoms with E-state index in [9.17, 15) is 4.79 Å². The van der Waals surface area contributed by atoms with Crippen LogP contribution in [0, 0.1) is 11.3 Å². The molecule has 2 bridgehead atoms. The topological polar surface area (TPSA) is 32.3 Å². The van der Waals surface area contributed by atoms with Crippen molar-refractivity contribution in [2.75, 3.05) is 7.05 Å². The van der Waals surface area contributed by atoms with Gasteiger partial charge in [0, 0.05) is 31.6 Å². The molecular weight excluding hydrogens is 296 g/mol. The van der Waals surface area contributed by atoms with E-state index in [1.54, 1.807) is 0 Å². The molecule has 0 aromatic rings. The third-order valence-corrected chi connectivity index (χ3v) is 6.28. The first kappa shape index (κ1) is 18.1. The number of hydrogen-bond acceptors (Lipinski definition) is 2. The number of halogens is 1. The first-order valence-corrected chi connectivity index (χ1v) is 8.95. The van der Waals surface area contributed by atoms with Gasteiger partial charge in [-0.1, -0.05) is 13.8 Å². The zero-order chi connectivity index (χ0) is 15.0. The average molecular weight is 329 g/mol. The Kier molecular flexibility index (Phi) is 5.82. The SMILES string of the molecule is CN(C(=O)CC1CC2CCC(C1)N2)C1CCC(C)(C)CC1.Cl. The van der Waals surface area contributed by atoms with Gasteiger partial charge in [-0.3, -0.25) is 4.79 Å². The van der Waals surface area contributed by atoms with Crippen molar-refractivity contribution in [3.63, 3.8) is 0 Å². The molecule has 3 rings (SSSR count). The summed E-state index contributed by atoms with van der Waals surface area (Å²) in [6.07, 6.45) is 10.7. The number of nitrogens with zero attached hydrogens (tertiary/aromatic N) is 1. The number of amides is 1. The molecule has 1 saturated carbocycles. The number of fused-ring (bicyclic) bond motifs is 2. The fraction of sp³-hybridized carbons (Fsp3) is 0.944.